The van der Waals surface area contributed by atoms with Gasteiger partial charge in [0.05, 0.1) is 16.5 Å². The molecule has 2 heterocycles. The Kier molecular flexibility index (Phi) is 5.31. The molecule has 1 aliphatic carbocycles. The molecule has 5 rings (SSSR count). The summed E-state index contributed by atoms with van der Waals surface area (Å²) in [5.74, 6) is 1.01. The van der Waals surface area contributed by atoms with E-state index in [2.05, 4.69) is 6.07 Å². The first-order valence-electron chi connectivity index (χ1n) is 10.8. The molecule has 0 saturated carbocycles. The minimum atomic E-state index is -3.86. The molecule has 4 N–H and O–H groups in total. The van der Waals surface area contributed by atoms with Crippen molar-refractivity contribution in [3.05, 3.63) is 70.7 Å². The van der Waals surface area contributed by atoms with Gasteiger partial charge in [-0.25, -0.2) is 13.6 Å². The van der Waals surface area contributed by atoms with Gasteiger partial charge in [-0.3, -0.25) is 9.69 Å². The van der Waals surface area contributed by atoms with E-state index in [0.717, 1.165) is 11.3 Å². The molecule has 10 heteroatoms. The van der Waals surface area contributed by atoms with Gasteiger partial charge in [-0.2, -0.15) is 5.26 Å². The number of hydrogen-bond donors (Lipinski definition) is 2. The Hall–Kier alpha value is -3.81. The maximum absolute atomic E-state index is 13.1. The Bertz CT molecular complexity index is 1400. The van der Waals surface area contributed by atoms with E-state index in [9.17, 15) is 18.5 Å². The lowest BCUT2D eigenvalue weighted by molar-refractivity contribution is -0.116. The molecular formula is C24H22N4O5S. The van der Waals surface area contributed by atoms with E-state index in [1.165, 1.54) is 12.1 Å². The highest BCUT2D eigenvalue weighted by Gasteiger charge is 2.39. The molecule has 2 aliphatic heterocycles. The number of primary sulfonamides is 1. The van der Waals surface area contributed by atoms with Gasteiger partial charge in [0.2, 0.25) is 16.8 Å². The number of nitrogens with two attached hydrogens (primary N) is 2. The highest BCUT2D eigenvalue weighted by Crippen LogP contribution is 2.44. The predicted molar refractivity (Wildman–Crippen MR) is 123 cm³/mol. The second-order valence-corrected chi connectivity index (χ2v) is 9.93. The number of anilines is 1. The van der Waals surface area contributed by atoms with E-state index in [4.69, 9.17) is 20.3 Å². The summed E-state index contributed by atoms with van der Waals surface area (Å²) in [7, 11) is -3.86. The summed E-state index contributed by atoms with van der Waals surface area (Å²) in [5.41, 5.74) is 9.58. The lowest BCUT2D eigenvalue weighted by Crippen LogP contribution is -2.40. The number of allylic oxidation sites excluding steroid dienone is 3. The van der Waals surface area contributed by atoms with Gasteiger partial charge in [0, 0.05) is 29.3 Å². The lowest BCUT2D eigenvalue weighted by atomic mass is 9.76. The zero-order valence-electron chi connectivity index (χ0n) is 18.2. The van der Waals surface area contributed by atoms with Crippen molar-refractivity contribution in [1.29, 1.82) is 5.26 Å². The van der Waals surface area contributed by atoms with Gasteiger partial charge in [-0.1, -0.05) is 6.07 Å². The summed E-state index contributed by atoms with van der Waals surface area (Å²) >= 11 is 0. The third-order valence-corrected chi connectivity index (χ3v) is 7.26. The normalized spacial score (nSPS) is 19.8. The molecule has 2 aromatic rings. The topological polar surface area (TPSA) is 149 Å². The highest BCUT2D eigenvalue weighted by molar-refractivity contribution is 7.89. The number of ketones is 1. The summed E-state index contributed by atoms with van der Waals surface area (Å²) in [6.07, 6.45) is 2.07. The van der Waals surface area contributed by atoms with E-state index < -0.39 is 15.9 Å². The van der Waals surface area contributed by atoms with Crippen LogP contribution < -0.4 is 25.2 Å². The standard InChI is InChI=1S/C24H22N4O5S/c25-12-18-17(10-14-4-9-21-22(11-14)33-13-32-21)23-19(2-1-3-20(23)29)28(24(18)26)15-5-7-16(8-6-15)34(27,30)31/h4-9,11,17H,1-3,10,13,26H2,(H2,27,30,31). The first-order chi connectivity index (χ1) is 16.3. The summed E-state index contributed by atoms with van der Waals surface area (Å²) in [4.78, 5) is 14.8. The summed E-state index contributed by atoms with van der Waals surface area (Å²) < 4.78 is 34.2. The predicted octanol–water partition coefficient (Wildman–Crippen LogP) is 2.44. The van der Waals surface area contributed by atoms with E-state index in [1.807, 2.05) is 18.2 Å². The molecule has 0 bridgehead atoms. The number of carbonyl (C=O) groups is 1. The Labute approximate surface area is 196 Å². The monoisotopic (exact) mass is 478 g/mol. The number of rotatable bonds is 4. The van der Waals surface area contributed by atoms with Gasteiger partial charge in [0.15, 0.2) is 17.3 Å². The zero-order valence-corrected chi connectivity index (χ0v) is 19.0. The van der Waals surface area contributed by atoms with Crippen LogP contribution in [0.3, 0.4) is 0 Å². The lowest BCUT2D eigenvalue weighted by Gasteiger charge is -2.39. The largest absolute Gasteiger partial charge is 0.454 e. The third-order valence-electron chi connectivity index (χ3n) is 6.33. The minimum Gasteiger partial charge on any atom is -0.454 e. The fourth-order valence-corrected chi connectivity index (χ4v) is 5.30. The first-order valence-corrected chi connectivity index (χ1v) is 12.3. The number of Topliss-reactive ketones (excluding diaryl/α,β-unsaturated/α-hetero) is 1. The number of hydrogen-bond acceptors (Lipinski definition) is 8. The van der Waals surface area contributed by atoms with Crippen LogP contribution in [0.2, 0.25) is 0 Å². The van der Waals surface area contributed by atoms with Crippen LogP contribution in [0.4, 0.5) is 5.69 Å². The van der Waals surface area contributed by atoms with Crippen molar-refractivity contribution < 1.29 is 22.7 Å². The van der Waals surface area contributed by atoms with Crippen LogP contribution in [0.15, 0.2) is 70.0 Å². The van der Waals surface area contributed by atoms with Gasteiger partial charge in [0.1, 0.15) is 5.82 Å². The van der Waals surface area contributed by atoms with E-state index in [1.54, 1.807) is 17.0 Å². The second kappa shape index (κ2) is 8.20. The Morgan fingerprint density at radius 2 is 1.82 bits per heavy atom. The van der Waals surface area contributed by atoms with Gasteiger partial charge in [0.25, 0.3) is 0 Å². The maximum atomic E-state index is 13.1. The van der Waals surface area contributed by atoms with Crippen molar-refractivity contribution in [3.63, 3.8) is 0 Å². The number of nitrogens with zero attached hydrogens (tertiary/aromatic N) is 2. The van der Waals surface area contributed by atoms with Crippen molar-refractivity contribution in [2.75, 3.05) is 11.7 Å². The molecule has 34 heavy (non-hydrogen) atoms. The molecule has 0 amide bonds. The van der Waals surface area contributed by atoms with E-state index in [0.29, 0.717) is 54.0 Å². The SMILES string of the molecule is N#CC1=C(N)N(c2ccc(S(N)(=O)=O)cc2)C2=C(C(=O)CCC2)C1Cc1ccc2c(c1)OCO2. The molecule has 9 nitrogen and oxygen atoms in total. The Balaban J connectivity index is 1.59. The maximum Gasteiger partial charge on any atom is 0.238 e. The van der Waals surface area contributed by atoms with Crippen molar-refractivity contribution >= 4 is 21.5 Å². The molecule has 0 saturated heterocycles. The van der Waals surface area contributed by atoms with Crippen LogP contribution in [0.25, 0.3) is 0 Å². The Morgan fingerprint density at radius 1 is 1.09 bits per heavy atom. The molecule has 0 radical (unpaired) electrons. The Morgan fingerprint density at radius 3 is 2.53 bits per heavy atom. The van der Waals surface area contributed by atoms with Crippen LogP contribution in [0.1, 0.15) is 24.8 Å². The molecule has 0 aromatic heterocycles. The number of carbonyl (C=O) groups excluding carboxylic acids is 1. The average Bonchev–Trinajstić information content (AvgIpc) is 3.27. The zero-order chi connectivity index (χ0) is 24.0. The summed E-state index contributed by atoms with van der Waals surface area (Å²) in [6, 6.07) is 13.7. The van der Waals surface area contributed by atoms with Crippen LogP contribution in [0.5, 0.6) is 11.5 Å². The fourth-order valence-electron chi connectivity index (χ4n) is 4.79. The average molecular weight is 479 g/mol. The molecule has 1 atom stereocenters. The molecule has 1 unspecified atom stereocenters. The number of sulfonamides is 1. The summed E-state index contributed by atoms with van der Waals surface area (Å²) in [5, 5.41) is 15.3. The smallest absolute Gasteiger partial charge is 0.238 e. The minimum absolute atomic E-state index is 0.0154. The number of nitriles is 1. The van der Waals surface area contributed by atoms with Crippen molar-refractivity contribution in [1.82, 2.24) is 0 Å². The molecular weight excluding hydrogens is 456 g/mol. The number of ether oxygens (including phenoxy) is 2. The quantitative estimate of drug-likeness (QED) is 0.681. The van der Waals surface area contributed by atoms with Gasteiger partial charge in [-0.05, 0) is 61.2 Å². The third kappa shape index (κ3) is 3.69. The van der Waals surface area contributed by atoms with Gasteiger partial charge in [-0.15, -0.1) is 0 Å². The van der Waals surface area contributed by atoms with Crippen molar-refractivity contribution in [2.45, 2.75) is 30.6 Å². The summed E-state index contributed by atoms with van der Waals surface area (Å²) in [6.45, 7) is 0.158. The number of fused-ring (bicyclic) bond motifs is 1. The molecule has 3 aliphatic rings. The fraction of sp³-hybridized carbons (Fsp3) is 0.250. The van der Waals surface area contributed by atoms with Crippen LogP contribution in [-0.2, 0) is 21.2 Å². The van der Waals surface area contributed by atoms with Gasteiger partial charge < -0.3 is 15.2 Å². The van der Waals surface area contributed by atoms with Crippen molar-refractivity contribution in [2.24, 2.45) is 16.8 Å². The first kappa shape index (κ1) is 22.0. The second-order valence-electron chi connectivity index (χ2n) is 8.37. The molecule has 174 valence electrons. The van der Waals surface area contributed by atoms with Gasteiger partial charge >= 0.3 is 0 Å². The molecule has 0 fully saturated rings. The van der Waals surface area contributed by atoms with E-state index >= 15 is 0 Å². The van der Waals surface area contributed by atoms with Crippen LogP contribution in [0, 0.1) is 17.2 Å². The number of benzene rings is 2. The van der Waals surface area contributed by atoms with Crippen LogP contribution in [-0.4, -0.2) is 21.0 Å². The molecule has 2 aromatic carbocycles. The van der Waals surface area contributed by atoms with Crippen molar-refractivity contribution in [3.8, 4) is 17.6 Å². The highest BCUT2D eigenvalue weighted by atomic mass is 32.2. The van der Waals surface area contributed by atoms with Crippen LogP contribution >= 0.6 is 0 Å². The van der Waals surface area contributed by atoms with E-state index in [-0.39, 0.29) is 23.3 Å². The molecule has 0 spiro atoms.